The van der Waals surface area contributed by atoms with Crippen molar-refractivity contribution in [3.05, 3.63) is 82.4 Å². The highest BCUT2D eigenvalue weighted by Gasteiger charge is 2.57. The second kappa shape index (κ2) is 13.6. The first-order valence-electron chi connectivity index (χ1n) is 16.6. The molecule has 2 aromatic carbocycles. The van der Waals surface area contributed by atoms with E-state index >= 15 is 0 Å². The number of hydrogen-bond donors (Lipinski definition) is 2. The van der Waals surface area contributed by atoms with E-state index in [1.807, 2.05) is 0 Å². The first kappa shape index (κ1) is 31.2. The zero-order chi connectivity index (χ0) is 29.7. The van der Waals surface area contributed by atoms with Crippen LogP contribution in [0.3, 0.4) is 0 Å². The molecule has 0 aliphatic heterocycles. The van der Waals surface area contributed by atoms with Crippen molar-refractivity contribution in [3.8, 4) is 0 Å². The van der Waals surface area contributed by atoms with E-state index in [-0.39, 0.29) is 17.3 Å². The van der Waals surface area contributed by atoms with E-state index in [9.17, 15) is 15.0 Å². The quantitative estimate of drug-likeness (QED) is 0.265. The SMILES string of the molecule is CC1=CCCC2(C)C(CCC2(O)CN(C)CCc2ccccc2)c2ccc(cc2C(=O)C2CCCCC2)CC(O)CC1. The lowest BCUT2D eigenvalue weighted by molar-refractivity contribution is -0.0798. The number of hydrogen-bond acceptors (Lipinski definition) is 4. The van der Waals surface area contributed by atoms with Gasteiger partial charge < -0.3 is 15.1 Å². The summed E-state index contributed by atoms with van der Waals surface area (Å²) >= 11 is 0. The van der Waals surface area contributed by atoms with Gasteiger partial charge in [0.2, 0.25) is 0 Å². The summed E-state index contributed by atoms with van der Waals surface area (Å²) in [6, 6.07) is 17.1. The molecule has 0 spiro atoms. The Labute approximate surface area is 254 Å². The van der Waals surface area contributed by atoms with E-state index in [0.29, 0.717) is 18.7 Å². The summed E-state index contributed by atoms with van der Waals surface area (Å²) in [5, 5.41) is 23.4. The Kier molecular flexibility index (Phi) is 10.1. The van der Waals surface area contributed by atoms with Crippen molar-refractivity contribution in [1.82, 2.24) is 4.90 Å². The lowest BCUT2D eigenvalue weighted by atomic mass is 9.64. The second-order valence-electron chi connectivity index (χ2n) is 14.1. The van der Waals surface area contributed by atoms with E-state index in [2.05, 4.69) is 80.4 Å². The molecule has 6 rings (SSSR count). The highest BCUT2D eigenvalue weighted by atomic mass is 16.3. The Balaban J connectivity index is 1.48. The van der Waals surface area contributed by atoms with E-state index in [1.165, 1.54) is 17.6 Å². The number of nitrogens with zero attached hydrogens (tertiary/aromatic N) is 1. The summed E-state index contributed by atoms with van der Waals surface area (Å²) in [6.07, 6.45) is 13.9. The van der Waals surface area contributed by atoms with Gasteiger partial charge in [-0.1, -0.05) is 80.3 Å². The molecule has 228 valence electrons. The van der Waals surface area contributed by atoms with Gasteiger partial charge in [0.25, 0.3) is 0 Å². The lowest BCUT2D eigenvalue weighted by Gasteiger charge is -2.46. The molecule has 4 aliphatic carbocycles. The van der Waals surface area contributed by atoms with Crippen molar-refractivity contribution in [3.63, 3.8) is 0 Å². The van der Waals surface area contributed by atoms with E-state index in [4.69, 9.17) is 0 Å². The third kappa shape index (κ3) is 6.93. The molecule has 0 heterocycles. The van der Waals surface area contributed by atoms with Crippen LogP contribution in [0.5, 0.6) is 0 Å². The number of fused-ring (bicyclic) bond motifs is 8. The van der Waals surface area contributed by atoms with Gasteiger partial charge in [0.1, 0.15) is 0 Å². The van der Waals surface area contributed by atoms with Crippen LogP contribution in [-0.2, 0) is 12.8 Å². The van der Waals surface area contributed by atoms with Crippen LogP contribution in [0.4, 0.5) is 0 Å². The molecule has 2 fully saturated rings. The maximum Gasteiger partial charge on any atom is 0.166 e. The normalized spacial score (nSPS) is 29.2. The van der Waals surface area contributed by atoms with Gasteiger partial charge in [0.15, 0.2) is 5.78 Å². The van der Waals surface area contributed by atoms with Crippen molar-refractivity contribution in [2.45, 2.75) is 115 Å². The maximum atomic E-state index is 14.2. The predicted molar refractivity (Wildman–Crippen MR) is 172 cm³/mol. The van der Waals surface area contributed by atoms with Gasteiger partial charge in [-0.05, 0) is 107 Å². The van der Waals surface area contributed by atoms with Gasteiger partial charge in [0, 0.05) is 30.0 Å². The molecule has 4 nitrogen and oxygen atoms in total. The fraction of sp³-hybridized carbons (Fsp3) is 0.605. The number of aliphatic hydroxyl groups is 2. The molecule has 0 radical (unpaired) electrons. The predicted octanol–water partition coefficient (Wildman–Crippen LogP) is 7.66. The first-order chi connectivity index (χ1) is 20.2. The van der Waals surface area contributed by atoms with Gasteiger partial charge in [-0.25, -0.2) is 0 Å². The third-order valence-electron chi connectivity index (χ3n) is 11.1. The molecule has 2 bridgehead atoms. The summed E-state index contributed by atoms with van der Waals surface area (Å²) in [5.41, 5.74) is 4.48. The standard InChI is InChI=1S/C38H53NO3/c1-28-11-10-22-37(2)35(20-23-38(37,42)27-39(3)24-21-29-12-6-4-7-13-29)33-19-17-30(25-32(40)18-16-28)26-34(33)36(41)31-14-8-5-9-15-31/h4,6-7,11-13,17,19,26,31-32,35,40,42H,5,8-10,14-16,18,20-25,27H2,1-3H3. The summed E-state index contributed by atoms with van der Waals surface area (Å²) in [6.45, 7) is 6.00. The smallest absolute Gasteiger partial charge is 0.166 e. The van der Waals surface area contributed by atoms with Gasteiger partial charge in [0.05, 0.1) is 11.7 Å². The highest BCUT2D eigenvalue weighted by Crippen LogP contribution is 2.59. The van der Waals surface area contributed by atoms with Crippen molar-refractivity contribution in [2.75, 3.05) is 20.1 Å². The van der Waals surface area contributed by atoms with Gasteiger partial charge >= 0.3 is 0 Å². The number of benzene rings is 2. The van der Waals surface area contributed by atoms with E-state index in [0.717, 1.165) is 93.9 Å². The number of likely N-dealkylation sites (N-methyl/N-ethyl adjacent to an activating group) is 1. The molecule has 2 saturated carbocycles. The summed E-state index contributed by atoms with van der Waals surface area (Å²) < 4.78 is 0. The fourth-order valence-electron chi connectivity index (χ4n) is 8.29. The van der Waals surface area contributed by atoms with Crippen LogP contribution in [-0.4, -0.2) is 52.7 Å². The monoisotopic (exact) mass is 571 g/mol. The highest BCUT2D eigenvalue weighted by molar-refractivity contribution is 5.99. The number of aliphatic hydroxyl groups excluding tert-OH is 1. The largest absolute Gasteiger partial charge is 0.393 e. The molecule has 4 atom stereocenters. The molecule has 4 unspecified atom stereocenters. The first-order valence-corrected chi connectivity index (χ1v) is 16.6. The number of rotatable bonds is 7. The minimum Gasteiger partial charge on any atom is -0.393 e. The molecular formula is C38H53NO3. The lowest BCUT2D eigenvalue weighted by Crippen LogP contribution is -2.52. The molecule has 42 heavy (non-hydrogen) atoms. The molecule has 2 N–H and O–H groups in total. The van der Waals surface area contributed by atoms with Crippen LogP contribution in [0, 0.1) is 11.3 Å². The molecule has 2 aromatic rings. The molecule has 0 aromatic heterocycles. The number of carbonyl (C=O) groups is 1. The number of carbonyl (C=O) groups excluding carboxylic acids is 1. The van der Waals surface area contributed by atoms with E-state index in [1.54, 1.807) is 0 Å². The van der Waals surface area contributed by atoms with Crippen molar-refractivity contribution in [2.24, 2.45) is 11.3 Å². The Morgan fingerprint density at radius 1 is 1.00 bits per heavy atom. The van der Waals surface area contributed by atoms with Crippen LogP contribution >= 0.6 is 0 Å². The van der Waals surface area contributed by atoms with Crippen LogP contribution in [0.15, 0.2) is 60.2 Å². The Morgan fingerprint density at radius 3 is 2.52 bits per heavy atom. The molecule has 0 saturated heterocycles. The van der Waals surface area contributed by atoms with Crippen LogP contribution in [0.1, 0.15) is 117 Å². The zero-order valence-electron chi connectivity index (χ0n) is 26.3. The van der Waals surface area contributed by atoms with Crippen LogP contribution in [0.2, 0.25) is 0 Å². The van der Waals surface area contributed by atoms with Crippen molar-refractivity contribution >= 4 is 5.78 Å². The average Bonchev–Trinajstić information content (AvgIpc) is 3.24. The van der Waals surface area contributed by atoms with Crippen molar-refractivity contribution in [1.29, 1.82) is 0 Å². The van der Waals surface area contributed by atoms with Gasteiger partial charge in [-0.3, -0.25) is 4.79 Å². The Morgan fingerprint density at radius 2 is 1.76 bits per heavy atom. The second-order valence-corrected chi connectivity index (χ2v) is 14.1. The third-order valence-corrected chi connectivity index (χ3v) is 11.1. The molecular weight excluding hydrogens is 518 g/mol. The minimum absolute atomic E-state index is 0.0952. The van der Waals surface area contributed by atoms with Crippen molar-refractivity contribution < 1.29 is 15.0 Å². The maximum absolute atomic E-state index is 14.2. The van der Waals surface area contributed by atoms with Gasteiger partial charge in [-0.2, -0.15) is 0 Å². The Hall–Kier alpha value is -2.27. The Bertz CT molecular complexity index is 1230. The van der Waals surface area contributed by atoms with Gasteiger partial charge in [-0.15, -0.1) is 0 Å². The number of allylic oxidation sites excluding steroid dienone is 2. The van der Waals surface area contributed by atoms with Crippen LogP contribution in [0.25, 0.3) is 0 Å². The zero-order valence-corrected chi connectivity index (χ0v) is 26.3. The number of Topliss-reactive ketones (excluding diaryl/α,β-unsaturated/α-hetero) is 1. The average molecular weight is 572 g/mol. The summed E-state index contributed by atoms with van der Waals surface area (Å²) in [5.74, 6) is 0.502. The molecule has 0 amide bonds. The number of ketones is 1. The summed E-state index contributed by atoms with van der Waals surface area (Å²) in [4.78, 5) is 16.5. The van der Waals surface area contributed by atoms with Crippen LogP contribution < -0.4 is 0 Å². The molecule has 4 aliphatic rings. The molecule has 4 heteroatoms. The van der Waals surface area contributed by atoms with E-state index < -0.39 is 11.7 Å². The minimum atomic E-state index is -0.845. The summed E-state index contributed by atoms with van der Waals surface area (Å²) in [7, 11) is 2.14. The fourth-order valence-corrected chi connectivity index (χ4v) is 8.29. The topological polar surface area (TPSA) is 60.8 Å².